The van der Waals surface area contributed by atoms with Gasteiger partial charge in [0.15, 0.2) is 5.78 Å². The summed E-state index contributed by atoms with van der Waals surface area (Å²) in [5.74, 6) is 0.524. The minimum absolute atomic E-state index is 0.132. The van der Waals surface area contributed by atoms with E-state index in [1.807, 2.05) is 56.3 Å². The monoisotopic (exact) mass is 440 g/mol. The topological polar surface area (TPSA) is 76.0 Å². The maximum absolute atomic E-state index is 13.3. The van der Waals surface area contributed by atoms with Crippen molar-refractivity contribution in [3.63, 3.8) is 0 Å². The number of carbonyl (C=O) groups excluding carboxylic acids is 2. The van der Waals surface area contributed by atoms with Crippen molar-refractivity contribution in [2.24, 2.45) is 5.41 Å². The number of benzene rings is 2. The molecule has 1 aliphatic carbocycles. The number of rotatable bonds is 3. The number of allylic oxidation sites excluding steroid dienone is 2. The number of amides is 1. The molecule has 0 fully saturated rings. The van der Waals surface area contributed by atoms with Crippen LogP contribution in [0.5, 0.6) is 0 Å². The third-order valence-corrected chi connectivity index (χ3v) is 6.50. The molecule has 5 rings (SSSR count). The number of carbonyl (C=O) groups is 2. The van der Waals surface area contributed by atoms with Crippen molar-refractivity contribution in [3.8, 4) is 0 Å². The molecule has 168 valence electrons. The summed E-state index contributed by atoms with van der Waals surface area (Å²) in [5.41, 5.74) is 5.81. The van der Waals surface area contributed by atoms with E-state index in [4.69, 9.17) is 0 Å². The van der Waals surface area contributed by atoms with Gasteiger partial charge in [0.1, 0.15) is 17.4 Å². The first-order valence-corrected chi connectivity index (χ1v) is 11.3. The van der Waals surface area contributed by atoms with Crippen LogP contribution in [0, 0.1) is 19.3 Å². The van der Waals surface area contributed by atoms with E-state index in [0.29, 0.717) is 17.8 Å². The minimum Gasteiger partial charge on any atom is -0.343 e. The zero-order valence-corrected chi connectivity index (χ0v) is 19.4. The van der Waals surface area contributed by atoms with Gasteiger partial charge in [0, 0.05) is 23.4 Å². The number of para-hydroxylation sites is 1. The normalized spacial score (nSPS) is 18.9. The summed E-state index contributed by atoms with van der Waals surface area (Å²) in [6.07, 6.45) is 2.82. The van der Waals surface area contributed by atoms with Crippen LogP contribution in [0.1, 0.15) is 59.8 Å². The zero-order valence-electron chi connectivity index (χ0n) is 19.4. The summed E-state index contributed by atoms with van der Waals surface area (Å²) >= 11 is 0. The SMILES string of the molecule is Cc1cccc([C@@H]2C3=C(CC(C)(C)CC3=O)Nc3c(C(=O)Nc4ccccc4C)cnn32)c1. The molecule has 2 aliphatic rings. The molecule has 1 aromatic heterocycles. The van der Waals surface area contributed by atoms with Crippen molar-refractivity contribution in [2.75, 3.05) is 10.6 Å². The average Bonchev–Trinajstić information content (AvgIpc) is 3.16. The third kappa shape index (κ3) is 3.75. The number of hydrogen-bond donors (Lipinski definition) is 2. The summed E-state index contributed by atoms with van der Waals surface area (Å²) in [4.78, 5) is 26.6. The Labute approximate surface area is 193 Å². The van der Waals surface area contributed by atoms with Crippen molar-refractivity contribution < 1.29 is 9.59 Å². The highest BCUT2D eigenvalue weighted by Crippen LogP contribution is 2.46. The highest BCUT2D eigenvalue weighted by molar-refractivity contribution is 6.08. The molecule has 2 heterocycles. The summed E-state index contributed by atoms with van der Waals surface area (Å²) in [6, 6.07) is 15.5. The molecule has 6 heteroatoms. The van der Waals surface area contributed by atoms with Gasteiger partial charge in [-0.3, -0.25) is 9.59 Å². The van der Waals surface area contributed by atoms with Gasteiger partial charge in [0.25, 0.3) is 5.91 Å². The van der Waals surface area contributed by atoms with E-state index < -0.39 is 0 Å². The first-order valence-electron chi connectivity index (χ1n) is 11.3. The lowest BCUT2D eigenvalue weighted by molar-refractivity contribution is -0.118. The van der Waals surface area contributed by atoms with Crippen LogP contribution >= 0.6 is 0 Å². The number of aromatic nitrogens is 2. The van der Waals surface area contributed by atoms with Gasteiger partial charge in [-0.25, -0.2) is 4.68 Å². The second kappa shape index (κ2) is 7.73. The van der Waals surface area contributed by atoms with E-state index in [1.54, 1.807) is 10.9 Å². The highest BCUT2D eigenvalue weighted by atomic mass is 16.1. The maximum Gasteiger partial charge on any atom is 0.261 e. The molecule has 2 aromatic carbocycles. The van der Waals surface area contributed by atoms with Crippen LogP contribution in [0.3, 0.4) is 0 Å². The van der Waals surface area contributed by atoms with Crippen LogP contribution in [0.15, 0.2) is 66.0 Å². The predicted octanol–water partition coefficient (Wildman–Crippen LogP) is 5.41. The van der Waals surface area contributed by atoms with Crippen LogP contribution in [0.4, 0.5) is 11.5 Å². The van der Waals surface area contributed by atoms with Gasteiger partial charge in [0.2, 0.25) is 0 Å². The molecule has 6 nitrogen and oxygen atoms in total. The van der Waals surface area contributed by atoms with Crippen LogP contribution in [0.2, 0.25) is 0 Å². The molecule has 2 N–H and O–H groups in total. The molecule has 0 bridgehead atoms. The maximum atomic E-state index is 13.3. The zero-order chi connectivity index (χ0) is 23.3. The van der Waals surface area contributed by atoms with Crippen LogP contribution in [-0.4, -0.2) is 21.5 Å². The smallest absolute Gasteiger partial charge is 0.261 e. The average molecular weight is 441 g/mol. The van der Waals surface area contributed by atoms with Crippen molar-refractivity contribution in [1.82, 2.24) is 9.78 Å². The number of fused-ring (bicyclic) bond motifs is 1. The minimum atomic E-state index is -0.361. The van der Waals surface area contributed by atoms with Gasteiger partial charge >= 0.3 is 0 Å². The van der Waals surface area contributed by atoms with Crippen LogP contribution in [-0.2, 0) is 4.79 Å². The van der Waals surface area contributed by atoms with E-state index in [2.05, 4.69) is 35.6 Å². The van der Waals surface area contributed by atoms with Crippen LogP contribution < -0.4 is 10.6 Å². The summed E-state index contributed by atoms with van der Waals surface area (Å²) < 4.78 is 1.79. The lowest BCUT2D eigenvalue weighted by Gasteiger charge is -2.39. The Kier molecular flexibility index (Phi) is 4.96. The third-order valence-electron chi connectivity index (χ3n) is 6.50. The molecule has 33 heavy (non-hydrogen) atoms. The highest BCUT2D eigenvalue weighted by Gasteiger charge is 2.42. The Hall–Kier alpha value is -3.67. The number of hydrogen-bond acceptors (Lipinski definition) is 4. The molecule has 0 saturated carbocycles. The predicted molar refractivity (Wildman–Crippen MR) is 129 cm³/mol. The fourth-order valence-corrected chi connectivity index (χ4v) is 4.93. The number of aryl methyl sites for hydroxylation is 2. The van der Waals surface area contributed by atoms with Crippen LogP contribution in [0.25, 0.3) is 0 Å². The van der Waals surface area contributed by atoms with Gasteiger partial charge in [-0.2, -0.15) is 5.10 Å². The second-order valence-electron chi connectivity index (χ2n) is 9.90. The van der Waals surface area contributed by atoms with E-state index in [0.717, 1.165) is 40.1 Å². The van der Waals surface area contributed by atoms with Gasteiger partial charge in [-0.15, -0.1) is 0 Å². The Balaban J connectivity index is 1.61. The van der Waals surface area contributed by atoms with Gasteiger partial charge in [-0.1, -0.05) is 61.9 Å². The number of nitrogens with one attached hydrogen (secondary N) is 2. The fraction of sp³-hybridized carbons (Fsp3) is 0.296. The van der Waals surface area contributed by atoms with E-state index >= 15 is 0 Å². The summed E-state index contributed by atoms with van der Waals surface area (Å²) in [5, 5.41) is 11.0. The van der Waals surface area contributed by atoms with E-state index in [1.165, 1.54) is 0 Å². The van der Waals surface area contributed by atoms with Gasteiger partial charge < -0.3 is 10.6 Å². The standard InChI is InChI=1S/C27H28N4O2/c1-16-8-7-10-18(12-16)24-23-21(13-27(3,4)14-22(23)32)29-25-19(15-28-31(24)25)26(33)30-20-11-6-5-9-17(20)2/h5-12,15,24,29H,13-14H2,1-4H3,(H,30,33)/t24-/m1/s1. The molecule has 1 atom stereocenters. The Bertz CT molecular complexity index is 1320. The number of Topliss-reactive ketones (excluding diaryl/α,β-unsaturated/α-hetero) is 1. The molecule has 0 unspecified atom stereocenters. The molecule has 1 aliphatic heterocycles. The lowest BCUT2D eigenvalue weighted by atomic mass is 9.73. The van der Waals surface area contributed by atoms with Crippen molar-refractivity contribution >= 4 is 23.2 Å². The van der Waals surface area contributed by atoms with E-state index in [-0.39, 0.29) is 23.1 Å². The molecular weight excluding hydrogens is 412 g/mol. The number of anilines is 2. The van der Waals surface area contributed by atoms with Gasteiger partial charge in [-0.05, 0) is 42.9 Å². The molecular formula is C27H28N4O2. The van der Waals surface area contributed by atoms with Crippen molar-refractivity contribution in [2.45, 2.75) is 46.6 Å². The molecule has 0 radical (unpaired) electrons. The molecule has 0 saturated heterocycles. The van der Waals surface area contributed by atoms with Crippen molar-refractivity contribution in [1.29, 1.82) is 0 Å². The quantitative estimate of drug-likeness (QED) is 0.571. The largest absolute Gasteiger partial charge is 0.343 e. The summed E-state index contributed by atoms with van der Waals surface area (Å²) in [6.45, 7) is 8.21. The molecule has 0 spiro atoms. The first kappa shape index (κ1) is 21.2. The Morgan fingerprint density at radius 1 is 1.12 bits per heavy atom. The second-order valence-corrected chi connectivity index (χ2v) is 9.90. The van der Waals surface area contributed by atoms with Gasteiger partial charge in [0.05, 0.1) is 6.20 Å². The fourth-order valence-electron chi connectivity index (χ4n) is 4.93. The molecule has 1 amide bonds. The Morgan fingerprint density at radius 3 is 2.67 bits per heavy atom. The number of nitrogens with zero attached hydrogens (tertiary/aromatic N) is 2. The lowest BCUT2D eigenvalue weighted by Crippen LogP contribution is -2.37. The molecule has 3 aromatic rings. The Morgan fingerprint density at radius 2 is 1.91 bits per heavy atom. The summed E-state index contributed by atoms with van der Waals surface area (Å²) in [7, 11) is 0. The first-order chi connectivity index (χ1) is 15.7. The van der Waals surface area contributed by atoms with Crippen molar-refractivity contribution in [3.05, 3.63) is 88.3 Å². The van der Waals surface area contributed by atoms with E-state index in [9.17, 15) is 9.59 Å². The number of ketones is 1.